The van der Waals surface area contributed by atoms with Crippen LogP contribution in [0.2, 0.25) is 0 Å². The molecule has 2 rings (SSSR count). The van der Waals surface area contributed by atoms with E-state index in [4.69, 9.17) is 0 Å². The Morgan fingerprint density at radius 1 is 1.25 bits per heavy atom. The molecule has 0 radical (unpaired) electrons. The quantitative estimate of drug-likeness (QED) is 0.748. The van der Waals surface area contributed by atoms with Gasteiger partial charge >= 0.3 is 6.18 Å². The van der Waals surface area contributed by atoms with Gasteiger partial charge in [0.05, 0.1) is 0 Å². The molecular weight excluding hydrogens is 215 g/mol. The van der Waals surface area contributed by atoms with Gasteiger partial charge in [-0.1, -0.05) is 13.8 Å². The lowest BCUT2D eigenvalue weighted by Crippen LogP contribution is -2.15. The highest BCUT2D eigenvalue weighted by atomic mass is 19.4. The number of H-pyrrole nitrogens is 1. The maximum atomic E-state index is 12.5. The fourth-order valence-electron chi connectivity index (χ4n) is 1.93. The number of aromatic nitrogens is 1. The van der Waals surface area contributed by atoms with E-state index in [0.717, 1.165) is 11.4 Å². The zero-order valence-electron chi connectivity index (χ0n) is 9.28. The molecule has 1 heterocycles. The molecule has 0 bridgehead atoms. The number of hydrogen-bond donors (Lipinski definition) is 1. The van der Waals surface area contributed by atoms with E-state index in [1.807, 2.05) is 19.9 Å². The summed E-state index contributed by atoms with van der Waals surface area (Å²) >= 11 is 0. The van der Waals surface area contributed by atoms with Crippen LogP contribution >= 0.6 is 0 Å². The van der Waals surface area contributed by atoms with Crippen molar-refractivity contribution in [3.63, 3.8) is 0 Å². The lowest BCUT2D eigenvalue weighted by molar-refractivity contribution is -0.0931. The summed E-state index contributed by atoms with van der Waals surface area (Å²) in [4.78, 5) is 3.19. The van der Waals surface area contributed by atoms with Gasteiger partial charge in [-0.3, -0.25) is 0 Å². The predicted octanol–water partition coefficient (Wildman–Crippen LogP) is 4.03. The van der Waals surface area contributed by atoms with E-state index < -0.39 is 11.7 Å². The molecule has 4 heteroatoms. The number of nitrogens with one attached hydrogen (secondary N) is 1. The van der Waals surface area contributed by atoms with E-state index in [2.05, 4.69) is 4.98 Å². The molecule has 0 aliphatic heterocycles. The topological polar surface area (TPSA) is 15.8 Å². The fraction of sp³-hybridized carbons (Fsp3) is 0.500. The molecule has 1 aromatic rings. The second-order valence-corrected chi connectivity index (χ2v) is 4.48. The maximum Gasteiger partial charge on any atom is 0.412 e. The monoisotopic (exact) mass is 229 g/mol. The summed E-state index contributed by atoms with van der Waals surface area (Å²) in [5, 5.41) is 0. The second-order valence-electron chi connectivity index (χ2n) is 4.48. The van der Waals surface area contributed by atoms with Crippen molar-refractivity contribution in [2.24, 2.45) is 0 Å². The van der Waals surface area contributed by atoms with Crippen LogP contribution in [0.5, 0.6) is 0 Å². The summed E-state index contributed by atoms with van der Waals surface area (Å²) in [7, 11) is 0. The highest BCUT2D eigenvalue weighted by Crippen LogP contribution is 2.35. The Hall–Kier alpha value is -1.19. The normalized spacial score (nSPS) is 16.2. The van der Waals surface area contributed by atoms with Crippen LogP contribution in [0.3, 0.4) is 0 Å². The van der Waals surface area contributed by atoms with Crippen molar-refractivity contribution in [1.29, 1.82) is 0 Å². The molecule has 88 valence electrons. The minimum absolute atomic E-state index is 0.0779. The highest BCUT2D eigenvalue weighted by Gasteiger charge is 2.35. The Bertz CT molecular complexity index is 424. The van der Waals surface area contributed by atoms with Crippen molar-refractivity contribution in [2.45, 2.75) is 38.8 Å². The summed E-state index contributed by atoms with van der Waals surface area (Å²) in [6.07, 6.45) is -2.39. The molecule has 1 aliphatic rings. The molecule has 16 heavy (non-hydrogen) atoms. The van der Waals surface area contributed by atoms with Gasteiger partial charge in [-0.25, -0.2) is 0 Å². The Labute approximate surface area is 92.4 Å². The van der Waals surface area contributed by atoms with Gasteiger partial charge in [-0.2, -0.15) is 13.2 Å². The van der Waals surface area contributed by atoms with Gasteiger partial charge in [0.15, 0.2) is 0 Å². The minimum Gasteiger partial charge on any atom is -0.362 e. The molecule has 1 aliphatic carbocycles. The van der Waals surface area contributed by atoms with Crippen molar-refractivity contribution >= 4 is 6.08 Å². The van der Waals surface area contributed by atoms with Crippen molar-refractivity contribution in [3.05, 3.63) is 28.6 Å². The van der Waals surface area contributed by atoms with Crippen LogP contribution in [-0.4, -0.2) is 11.2 Å². The lowest BCUT2D eigenvalue weighted by Gasteiger charge is -2.15. The molecule has 0 fully saturated rings. The molecule has 0 saturated carbocycles. The number of aryl methyl sites for hydroxylation is 1. The number of rotatable bonds is 1. The van der Waals surface area contributed by atoms with Crippen LogP contribution in [-0.2, 0) is 6.42 Å². The fourth-order valence-corrected chi connectivity index (χ4v) is 1.93. The van der Waals surface area contributed by atoms with Crippen LogP contribution in [0.4, 0.5) is 13.2 Å². The second kappa shape index (κ2) is 3.68. The van der Waals surface area contributed by atoms with E-state index in [9.17, 15) is 13.2 Å². The third kappa shape index (κ3) is 2.01. The van der Waals surface area contributed by atoms with E-state index in [1.165, 1.54) is 6.08 Å². The summed E-state index contributed by atoms with van der Waals surface area (Å²) in [5.74, 6) is 0.313. The van der Waals surface area contributed by atoms with Crippen LogP contribution in [0.15, 0.2) is 11.6 Å². The first kappa shape index (κ1) is 11.3. The highest BCUT2D eigenvalue weighted by molar-refractivity contribution is 5.60. The standard InChI is InChI=1S/C12H14F3N/c1-7(2)11-6-8-5-9(12(13,14)15)3-4-10(8)16-11/h5-7,16H,3-4H2,1-2H3. The van der Waals surface area contributed by atoms with Crippen molar-refractivity contribution in [1.82, 2.24) is 4.98 Å². The molecule has 0 atom stereocenters. The van der Waals surface area contributed by atoms with Crippen LogP contribution in [0, 0.1) is 0 Å². The van der Waals surface area contributed by atoms with E-state index >= 15 is 0 Å². The lowest BCUT2D eigenvalue weighted by atomic mass is 9.97. The summed E-state index contributed by atoms with van der Waals surface area (Å²) < 4.78 is 37.6. The number of fused-ring (bicyclic) bond motifs is 1. The SMILES string of the molecule is CC(C)c1cc2c([nH]1)CCC(C(F)(F)F)=C2. The maximum absolute atomic E-state index is 12.5. The number of aromatic amines is 1. The Kier molecular flexibility index (Phi) is 2.60. The molecule has 1 aromatic heterocycles. The average Bonchev–Trinajstić information content (AvgIpc) is 2.58. The summed E-state index contributed by atoms with van der Waals surface area (Å²) in [6.45, 7) is 4.04. The van der Waals surface area contributed by atoms with Gasteiger partial charge < -0.3 is 4.98 Å². The Morgan fingerprint density at radius 2 is 1.94 bits per heavy atom. The zero-order valence-corrected chi connectivity index (χ0v) is 9.28. The number of hydrogen-bond acceptors (Lipinski definition) is 0. The number of halogens is 3. The van der Waals surface area contributed by atoms with Gasteiger partial charge in [-0.05, 0) is 36.5 Å². The largest absolute Gasteiger partial charge is 0.412 e. The number of alkyl halides is 3. The van der Waals surface area contributed by atoms with Crippen molar-refractivity contribution in [3.8, 4) is 0 Å². The molecule has 0 unspecified atom stereocenters. The molecule has 0 saturated heterocycles. The van der Waals surface area contributed by atoms with Crippen LogP contribution in [0.25, 0.3) is 6.08 Å². The van der Waals surface area contributed by atoms with E-state index in [0.29, 0.717) is 17.9 Å². The summed E-state index contributed by atoms with van der Waals surface area (Å²) in [5.41, 5.74) is 2.21. The minimum atomic E-state index is -4.19. The molecule has 1 N–H and O–H groups in total. The van der Waals surface area contributed by atoms with Gasteiger partial charge in [0, 0.05) is 17.0 Å². The third-order valence-electron chi connectivity index (χ3n) is 2.91. The van der Waals surface area contributed by atoms with Gasteiger partial charge in [-0.15, -0.1) is 0 Å². The molecule has 0 spiro atoms. The molecule has 0 amide bonds. The molecule has 0 aromatic carbocycles. The Morgan fingerprint density at radius 3 is 2.50 bits per heavy atom. The van der Waals surface area contributed by atoms with Crippen molar-refractivity contribution in [2.75, 3.05) is 0 Å². The number of allylic oxidation sites excluding steroid dienone is 1. The first-order valence-corrected chi connectivity index (χ1v) is 5.37. The summed E-state index contributed by atoms with van der Waals surface area (Å²) in [6, 6.07) is 1.82. The van der Waals surface area contributed by atoms with E-state index in [-0.39, 0.29) is 6.42 Å². The third-order valence-corrected chi connectivity index (χ3v) is 2.91. The molecule has 1 nitrogen and oxygen atoms in total. The van der Waals surface area contributed by atoms with Gasteiger partial charge in [0.2, 0.25) is 0 Å². The zero-order chi connectivity index (χ0) is 11.9. The van der Waals surface area contributed by atoms with E-state index in [1.54, 1.807) is 0 Å². The van der Waals surface area contributed by atoms with Crippen LogP contribution in [0.1, 0.15) is 43.1 Å². The van der Waals surface area contributed by atoms with Crippen LogP contribution < -0.4 is 0 Å². The Balaban J connectivity index is 2.36. The first-order valence-electron chi connectivity index (χ1n) is 5.37. The van der Waals surface area contributed by atoms with Crippen molar-refractivity contribution < 1.29 is 13.2 Å². The smallest absolute Gasteiger partial charge is 0.362 e. The molecular formula is C12H14F3N. The van der Waals surface area contributed by atoms with Gasteiger partial charge in [0.1, 0.15) is 0 Å². The predicted molar refractivity (Wildman–Crippen MR) is 57.2 cm³/mol. The average molecular weight is 229 g/mol. The van der Waals surface area contributed by atoms with Gasteiger partial charge in [0.25, 0.3) is 0 Å². The first-order chi connectivity index (χ1) is 7.38.